The van der Waals surface area contributed by atoms with Gasteiger partial charge in [0.15, 0.2) is 0 Å². The smallest absolute Gasteiger partial charge is 0.488 e. The number of hydrogen-bond donors (Lipinski definition) is 2. The van der Waals surface area contributed by atoms with Gasteiger partial charge in [0.2, 0.25) is 0 Å². The zero-order valence-electron chi connectivity index (χ0n) is 10.8. The minimum atomic E-state index is -1.44. The summed E-state index contributed by atoms with van der Waals surface area (Å²) in [5, 5.41) is 18.8. The molecule has 2 rings (SSSR count). The van der Waals surface area contributed by atoms with E-state index in [1.807, 2.05) is 17.8 Å². The monoisotopic (exact) mass is 282 g/mol. The van der Waals surface area contributed by atoms with Crippen LogP contribution in [0.4, 0.5) is 0 Å². The highest BCUT2D eigenvalue weighted by atomic mass is 32.2. The lowest BCUT2D eigenvalue weighted by Crippen LogP contribution is -2.29. The van der Waals surface area contributed by atoms with Crippen LogP contribution in [-0.4, -0.2) is 48.0 Å². The molecule has 1 saturated heterocycles. The first kappa shape index (κ1) is 14.7. The van der Waals surface area contributed by atoms with Crippen LogP contribution in [0, 0.1) is 0 Å². The minimum absolute atomic E-state index is 0.453. The van der Waals surface area contributed by atoms with Crippen molar-refractivity contribution in [2.24, 2.45) is 0 Å². The van der Waals surface area contributed by atoms with Crippen molar-refractivity contribution in [3.63, 3.8) is 0 Å². The molecule has 0 atom stereocenters. The fourth-order valence-corrected chi connectivity index (χ4v) is 3.02. The van der Waals surface area contributed by atoms with Crippen LogP contribution in [0.3, 0.4) is 0 Å². The zero-order chi connectivity index (χ0) is 13.5. The maximum absolute atomic E-state index is 9.07. The summed E-state index contributed by atoms with van der Waals surface area (Å²) in [6, 6.07) is 6.90. The molecule has 0 amide bonds. The predicted octanol–water partition coefficient (Wildman–Crippen LogP) is 0.657. The van der Waals surface area contributed by atoms with Gasteiger partial charge in [0.1, 0.15) is 5.75 Å². The number of rotatable bonds is 6. The van der Waals surface area contributed by atoms with Gasteiger partial charge in [-0.3, -0.25) is 0 Å². The third kappa shape index (κ3) is 5.07. The summed E-state index contributed by atoms with van der Waals surface area (Å²) in [6.07, 6.45) is 2.24. The van der Waals surface area contributed by atoms with Crippen LogP contribution in [0.5, 0.6) is 5.75 Å². The van der Waals surface area contributed by atoms with Gasteiger partial charge < -0.3 is 19.5 Å². The molecule has 0 bridgehead atoms. The number of hydrogen-bond acceptors (Lipinski definition) is 5. The average molecular weight is 282 g/mol. The van der Waals surface area contributed by atoms with Crippen molar-refractivity contribution in [2.45, 2.75) is 18.1 Å². The Morgan fingerprint density at radius 1 is 1.32 bits per heavy atom. The molecule has 1 aromatic carbocycles. The molecule has 4 nitrogen and oxygen atoms in total. The standard InChI is InChI=1S/C13H19BO4S/c15-14(16)11-2-1-3-12(10-11)18-8-9-19-13-4-6-17-7-5-13/h1-3,10,13,15-16H,4-9H2. The summed E-state index contributed by atoms with van der Waals surface area (Å²) in [6.45, 7) is 2.37. The fraction of sp³-hybridized carbons (Fsp3) is 0.538. The summed E-state index contributed by atoms with van der Waals surface area (Å²) in [5.74, 6) is 1.62. The maximum atomic E-state index is 9.07. The van der Waals surface area contributed by atoms with Crippen LogP contribution in [0.2, 0.25) is 0 Å². The van der Waals surface area contributed by atoms with E-state index in [9.17, 15) is 0 Å². The van der Waals surface area contributed by atoms with Crippen LogP contribution in [0.1, 0.15) is 12.8 Å². The largest absolute Gasteiger partial charge is 0.493 e. The first-order valence-electron chi connectivity index (χ1n) is 6.54. The lowest BCUT2D eigenvalue weighted by Gasteiger charge is -2.21. The quantitative estimate of drug-likeness (QED) is 0.593. The van der Waals surface area contributed by atoms with Gasteiger partial charge in [0.05, 0.1) is 6.61 Å². The Labute approximate surface area is 118 Å². The first-order valence-corrected chi connectivity index (χ1v) is 7.59. The second-order valence-corrected chi connectivity index (χ2v) is 5.89. The Bertz CT molecular complexity index is 383. The van der Waals surface area contributed by atoms with Crippen molar-refractivity contribution in [3.8, 4) is 5.75 Å². The van der Waals surface area contributed by atoms with Crippen LogP contribution >= 0.6 is 11.8 Å². The van der Waals surface area contributed by atoms with Gasteiger partial charge in [-0.1, -0.05) is 12.1 Å². The third-order valence-electron chi connectivity index (χ3n) is 3.03. The molecule has 0 radical (unpaired) electrons. The molecule has 1 fully saturated rings. The highest BCUT2D eigenvalue weighted by Crippen LogP contribution is 2.21. The van der Waals surface area contributed by atoms with Gasteiger partial charge in [0.25, 0.3) is 0 Å². The van der Waals surface area contributed by atoms with Crippen LogP contribution in [0.25, 0.3) is 0 Å². The molecule has 0 aromatic heterocycles. The third-order valence-corrected chi connectivity index (χ3v) is 4.38. The van der Waals surface area contributed by atoms with Crippen LogP contribution < -0.4 is 10.2 Å². The summed E-state index contributed by atoms with van der Waals surface area (Å²) in [7, 11) is -1.44. The van der Waals surface area contributed by atoms with Gasteiger partial charge in [-0.2, -0.15) is 11.8 Å². The zero-order valence-corrected chi connectivity index (χ0v) is 11.6. The Balaban J connectivity index is 1.68. The second kappa shape index (κ2) is 7.80. The van der Waals surface area contributed by atoms with Crippen molar-refractivity contribution in [3.05, 3.63) is 24.3 Å². The van der Waals surface area contributed by atoms with E-state index in [2.05, 4.69) is 0 Å². The van der Waals surface area contributed by atoms with E-state index in [-0.39, 0.29) is 0 Å². The van der Waals surface area contributed by atoms with Gasteiger partial charge in [-0.05, 0) is 30.4 Å². The molecule has 0 unspecified atom stereocenters. The first-order chi connectivity index (χ1) is 9.25. The van der Waals surface area contributed by atoms with E-state index in [1.54, 1.807) is 18.2 Å². The van der Waals surface area contributed by atoms with Gasteiger partial charge in [-0.25, -0.2) is 0 Å². The van der Waals surface area contributed by atoms with Crippen molar-refractivity contribution in [2.75, 3.05) is 25.6 Å². The second-order valence-electron chi connectivity index (χ2n) is 4.48. The van der Waals surface area contributed by atoms with E-state index in [4.69, 9.17) is 19.5 Å². The molecule has 2 N–H and O–H groups in total. The van der Waals surface area contributed by atoms with Crippen molar-refractivity contribution >= 4 is 24.3 Å². The van der Waals surface area contributed by atoms with Crippen molar-refractivity contribution < 1.29 is 19.5 Å². The lowest BCUT2D eigenvalue weighted by atomic mass is 9.80. The van der Waals surface area contributed by atoms with E-state index in [0.717, 1.165) is 31.8 Å². The summed E-state index contributed by atoms with van der Waals surface area (Å²) in [5.41, 5.74) is 0.453. The van der Waals surface area contributed by atoms with E-state index < -0.39 is 7.12 Å². The van der Waals surface area contributed by atoms with Gasteiger partial charge in [-0.15, -0.1) is 0 Å². The Hall–Kier alpha value is -0.685. The molecule has 0 saturated carbocycles. The highest BCUT2D eigenvalue weighted by molar-refractivity contribution is 7.99. The molecule has 6 heteroatoms. The Morgan fingerprint density at radius 3 is 2.84 bits per heavy atom. The Morgan fingerprint density at radius 2 is 2.11 bits per heavy atom. The molecule has 0 aliphatic carbocycles. The van der Waals surface area contributed by atoms with Crippen LogP contribution in [0.15, 0.2) is 24.3 Å². The normalized spacial score (nSPS) is 16.3. The van der Waals surface area contributed by atoms with Crippen molar-refractivity contribution in [1.29, 1.82) is 0 Å². The molecule has 1 aliphatic rings. The van der Waals surface area contributed by atoms with Crippen molar-refractivity contribution in [1.82, 2.24) is 0 Å². The van der Waals surface area contributed by atoms with Gasteiger partial charge in [0, 0.05) is 24.2 Å². The fourth-order valence-electron chi connectivity index (χ4n) is 1.98. The molecule has 0 spiro atoms. The Kier molecular flexibility index (Phi) is 6.04. The highest BCUT2D eigenvalue weighted by Gasteiger charge is 2.14. The summed E-state index contributed by atoms with van der Waals surface area (Å²) in [4.78, 5) is 0. The SMILES string of the molecule is OB(O)c1cccc(OCCSC2CCOCC2)c1. The minimum Gasteiger partial charge on any atom is -0.493 e. The van der Waals surface area contributed by atoms with E-state index >= 15 is 0 Å². The maximum Gasteiger partial charge on any atom is 0.488 e. The number of thioether (sulfide) groups is 1. The van der Waals surface area contributed by atoms with E-state index in [0.29, 0.717) is 23.1 Å². The summed E-state index contributed by atoms with van der Waals surface area (Å²) >= 11 is 1.92. The van der Waals surface area contributed by atoms with E-state index in [1.165, 1.54) is 0 Å². The van der Waals surface area contributed by atoms with Gasteiger partial charge >= 0.3 is 7.12 Å². The average Bonchev–Trinajstić information content (AvgIpc) is 2.45. The number of benzene rings is 1. The molecular weight excluding hydrogens is 263 g/mol. The van der Waals surface area contributed by atoms with Crippen LogP contribution in [-0.2, 0) is 4.74 Å². The topological polar surface area (TPSA) is 58.9 Å². The molecule has 19 heavy (non-hydrogen) atoms. The molecule has 1 aromatic rings. The lowest BCUT2D eigenvalue weighted by molar-refractivity contribution is 0.1000. The molecule has 104 valence electrons. The molecule has 1 heterocycles. The molecular formula is C13H19BO4S. The summed E-state index contributed by atoms with van der Waals surface area (Å²) < 4.78 is 10.9. The number of ether oxygens (including phenoxy) is 2. The molecule has 1 aliphatic heterocycles. The predicted molar refractivity (Wildman–Crippen MR) is 78.1 cm³/mol.